The minimum atomic E-state index is -0.513. The Morgan fingerprint density at radius 2 is 2.19 bits per heavy atom. The topological polar surface area (TPSA) is 94.1 Å². The lowest BCUT2D eigenvalue weighted by Gasteiger charge is -2.03. The maximum Gasteiger partial charge on any atom is 0.300 e. The summed E-state index contributed by atoms with van der Waals surface area (Å²) in [6.07, 6.45) is 0. The van der Waals surface area contributed by atoms with Crippen LogP contribution in [0.4, 0.5) is 11.4 Å². The zero-order valence-corrected chi connectivity index (χ0v) is 9.60. The summed E-state index contributed by atoms with van der Waals surface area (Å²) >= 11 is 3.27. The molecule has 1 N–H and O–H groups in total. The Morgan fingerprint density at radius 3 is 2.88 bits per heavy atom. The van der Waals surface area contributed by atoms with E-state index in [9.17, 15) is 10.1 Å². The van der Waals surface area contributed by atoms with Crippen molar-refractivity contribution in [1.29, 1.82) is 0 Å². The summed E-state index contributed by atoms with van der Waals surface area (Å²) in [6.45, 7) is 0.680. The predicted octanol–water partition coefficient (Wildman–Crippen LogP) is 1.94. The third-order valence-corrected chi connectivity index (χ3v) is 2.40. The van der Waals surface area contributed by atoms with Gasteiger partial charge in [-0.05, 0) is 16.4 Å². The summed E-state index contributed by atoms with van der Waals surface area (Å²) in [4.78, 5) is 10.2. The van der Waals surface area contributed by atoms with Gasteiger partial charge in [-0.2, -0.15) is 0 Å². The number of fused-ring (bicyclic) bond motifs is 1. The van der Waals surface area contributed by atoms with E-state index in [0.717, 1.165) is 5.33 Å². The molecule has 2 aromatic rings. The van der Waals surface area contributed by atoms with E-state index >= 15 is 0 Å². The molecule has 0 saturated carbocycles. The van der Waals surface area contributed by atoms with Crippen molar-refractivity contribution < 1.29 is 9.55 Å². The summed E-state index contributed by atoms with van der Waals surface area (Å²) in [5.74, 6) is 0. The fraction of sp³-hybridized carbons (Fsp3) is 0.250. The quantitative estimate of drug-likeness (QED) is 0.524. The molecule has 0 aliphatic carbocycles. The molecule has 0 aliphatic heterocycles. The number of anilines is 1. The van der Waals surface area contributed by atoms with Gasteiger partial charge in [-0.25, -0.2) is 4.63 Å². The molecule has 0 aliphatic rings. The number of alkyl halides is 1. The molecule has 0 spiro atoms. The average molecular weight is 287 g/mol. The number of nitro groups is 1. The number of halogens is 1. The molecule has 1 aromatic heterocycles. The lowest BCUT2D eigenvalue weighted by Crippen LogP contribution is -2.03. The number of benzene rings is 1. The van der Waals surface area contributed by atoms with E-state index in [4.69, 9.17) is 0 Å². The van der Waals surface area contributed by atoms with E-state index in [0.29, 0.717) is 17.7 Å². The van der Waals surface area contributed by atoms with Gasteiger partial charge in [-0.15, -0.1) is 0 Å². The van der Waals surface area contributed by atoms with Crippen molar-refractivity contribution in [2.45, 2.75) is 0 Å². The molecule has 16 heavy (non-hydrogen) atoms. The first-order valence-electron chi connectivity index (χ1n) is 4.43. The maximum absolute atomic E-state index is 10.7. The van der Waals surface area contributed by atoms with E-state index in [1.54, 1.807) is 6.07 Å². The van der Waals surface area contributed by atoms with Gasteiger partial charge in [0.2, 0.25) is 5.52 Å². The molecule has 84 valence electrons. The van der Waals surface area contributed by atoms with Crippen LogP contribution in [0.25, 0.3) is 11.0 Å². The van der Waals surface area contributed by atoms with Crippen LogP contribution in [0.2, 0.25) is 0 Å². The van der Waals surface area contributed by atoms with Gasteiger partial charge in [0, 0.05) is 17.9 Å². The predicted molar refractivity (Wildman–Crippen MR) is 60.7 cm³/mol. The van der Waals surface area contributed by atoms with Crippen molar-refractivity contribution in [3.8, 4) is 0 Å². The molecule has 1 aromatic carbocycles. The van der Waals surface area contributed by atoms with E-state index in [2.05, 4.69) is 36.2 Å². The molecule has 0 atom stereocenters. The number of nitro benzene ring substituents is 1. The van der Waals surface area contributed by atoms with Crippen molar-refractivity contribution in [3.05, 3.63) is 22.2 Å². The SMILES string of the molecule is O=[N+]([O-])c1ccc(NCCBr)c2nonc12. The number of aromatic nitrogens is 2. The van der Waals surface area contributed by atoms with E-state index in [-0.39, 0.29) is 11.2 Å². The van der Waals surface area contributed by atoms with Gasteiger partial charge in [0.15, 0.2) is 5.52 Å². The fourth-order valence-corrected chi connectivity index (χ4v) is 1.52. The second-order valence-electron chi connectivity index (χ2n) is 2.97. The first-order valence-corrected chi connectivity index (χ1v) is 5.55. The molecule has 2 rings (SSSR count). The normalized spacial score (nSPS) is 10.6. The molecule has 0 saturated heterocycles. The lowest BCUT2D eigenvalue weighted by atomic mass is 10.2. The zero-order valence-electron chi connectivity index (χ0n) is 8.01. The molecule has 0 fully saturated rings. The summed E-state index contributed by atoms with van der Waals surface area (Å²) < 4.78 is 4.52. The van der Waals surface area contributed by atoms with Gasteiger partial charge in [-0.3, -0.25) is 10.1 Å². The van der Waals surface area contributed by atoms with Crippen LogP contribution in [0.15, 0.2) is 16.8 Å². The van der Waals surface area contributed by atoms with Gasteiger partial charge in [-0.1, -0.05) is 15.9 Å². The molecule has 7 nitrogen and oxygen atoms in total. The van der Waals surface area contributed by atoms with Crippen LogP contribution in [-0.4, -0.2) is 27.1 Å². The molecule has 0 radical (unpaired) electrons. The van der Waals surface area contributed by atoms with Crippen molar-refractivity contribution in [2.24, 2.45) is 0 Å². The Bertz CT molecular complexity index is 527. The van der Waals surface area contributed by atoms with Crippen LogP contribution in [0.5, 0.6) is 0 Å². The second kappa shape index (κ2) is 4.44. The molecule has 8 heteroatoms. The van der Waals surface area contributed by atoms with Crippen LogP contribution < -0.4 is 5.32 Å². The minimum Gasteiger partial charge on any atom is -0.382 e. The number of non-ortho nitro benzene ring substituents is 1. The van der Waals surface area contributed by atoms with Crippen molar-refractivity contribution in [1.82, 2.24) is 10.3 Å². The number of nitrogens with zero attached hydrogens (tertiary/aromatic N) is 3. The van der Waals surface area contributed by atoms with Gasteiger partial charge in [0.05, 0.1) is 10.6 Å². The van der Waals surface area contributed by atoms with Crippen LogP contribution >= 0.6 is 15.9 Å². The highest BCUT2D eigenvalue weighted by atomic mass is 79.9. The van der Waals surface area contributed by atoms with Crippen LogP contribution in [-0.2, 0) is 0 Å². The largest absolute Gasteiger partial charge is 0.382 e. The summed E-state index contributed by atoms with van der Waals surface area (Å²) in [6, 6.07) is 2.97. The average Bonchev–Trinajstić information content (AvgIpc) is 2.74. The molecule has 0 bridgehead atoms. The monoisotopic (exact) mass is 286 g/mol. The second-order valence-corrected chi connectivity index (χ2v) is 3.76. The standard InChI is InChI=1S/C8H7BrN4O3/c9-3-4-10-5-1-2-6(13(14)15)8-7(5)11-16-12-8/h1-2,10H,3-4H2. The number of rotatable bonds is 4. The van der Waals surface area contributed by atoms with Crippen LogP contribution in [0.3, 0.4) is 0 Å². The van der Waals surface area contributed by atoms with Gasteiger partial charge < -0.3 is 5.32 Å². The highest BCUT2D eigenvalue weighted by Gasteiger charge is 2.19. The number of nitrogens with one attached hydrogen (secondary N) is 1. The summed E-state index contributed by atoms with van der Waals surface area (Å²) in [7, 11) is 0. The van der Waals surface area contributed by atoms with Crippen LogP contribution in [0.1, 0.15) is 0 Å². The number of hydrogen-bond acceptors (Lipinski definition) is 6. The summed E-state index contributed by atoms with van der Waals surface area (Å²) in [5, 5.41) is 21.7. The van der Waals surface area contributed by atoms with Gasteiger partial charge in [0.1, 0.15) is 0 Å². The van der Waals surface area contributed by atoms with Crippen molar-refractivity contribution in [2.75, 3.05) is 17.2 Å². The molecular weight excluding hydrogens is 280 g/mol. The smallest absolute Gasteiger partial charge is 0.300 e. The molecule has 0 unspecified atom stereocenters. The Kier molecular flexibility index (Phi) is 3.00. The van der Waals surface area contributed by atoms with E-state index in [1.165, 1.54) is 6.07 Å². The Morgan fingerprint density at radius 1 is 1.44 bits per heavy atom. The third kappa shape index (κ3) is 1.83. The van der Waals surface area contributed by atoms with E-state index < -0.39 is 4.92 Å². The highest BCUT2D eigenvalue weighted by molar-refractivity contribution is 9.09. The van der Waals surface area contributed by atoms with Crippen molar-refractivity contribution >= 4 is 38.3 Å². The number of hydrogen-bond donors (Lipinski definition) is 1. The molecular formula is C8H7BrN4O3. The Balaban J connectivity index is 2.50. The zero-order chi connectivity index (χ0) is 11.5. The van der Waals surface area contributed by atoms with Gasteiger partial charge >= 0.3 is 5.69 Å². The molecule has 1 heterocycles. The summed E-state index contributed by atoms with van der Waals surface area (Å²) in [5.41, 5.74) is 1.08. The Hall–Kier alpha value is -1.70. The van der Waals surface area contributed by atoms with Crippen LogP contribution in [0, 0.1) is 10.1 Å². The lowest BCUT2D eigenvalue weighted by molar-refractivity contribution is -0.383. The fourth-order valence-electron chi connectivity index (χ4n) is 1.33. The first-order chi connectivity index (χ1) is 7.74. The third-order valence-electron chi connectivity index (χ3n) is 2.00. The maximum atomic E-state index is 10.7. The molecule has 0 amide bonds. The Labute approximate surface area is 98.0 Å². The van der Waals surface area contributed by atoms with E-state index in [1.807, 2.05) is 0 Å². The first kappa shape index (κ1) is 10.8. The highest BCUT2D eigenvalue weighted by Crippen LogP contribution is 2.28. The minimum absolute atomic E-state index is 0.111. The van der Waals surface area contributed by atoms with Gasteiger partial charge in [0.25, 0.3) is 0 Å². The van der Waals surface area contributed by atoms with Crippen molar-refractivity contribution in [3.63, 3.8) is 0 Å².